The molecule has 8 heavy (non-hydrogen) atoms. The van der Waals surface area contributed by atoms with Gasteiger partial charge in [0, 0.05) is 5.75 Å². The molecular weight excluding hydrogens is 128 g/mol. The quantitative estimate of drug-likeness (QED) is 0.562. The zero-order valence-electron chi connectivity index (χ0n) is 4.59. The van der Waals surface area contributed by atoms with Crippen molar-refractivity contribution in [2.24, 2.45) is 0 Å². The van der Waals surface area contributed by atoms with E-state index in [1.165, 1.54) is 0 Å². The van der Waals surface area contributed by atoms with Crippen molar-refractivity contribution >= 4 is 18.0 Å². The molecule has 48 valence electrons. The Morgan fingerprint density at radius 3 is 2.88 bits per heavy atom. The third kappa shape index (κ3) is 3.95. The van der Waals surface area contributed by atoms with Crippen molar-refractivity contribution in [3.05, 3.63) is 0 Å². The SMILES string of the molecule is CCSOC(=O)CO. The highest BCUT2D eigenvalue weighted by Crippen LogP contribution is 1.99. The summed E-state index contributed by atoms with van der Waals surface area (Å²) in [6.45, 7) is 1.32. The van der Waals surface area contributed by atoms with Gasteiger partial charge in [0.05, 0.1) is 12.0 Å². The summed E-state index contributed by atoms with van der Waals surface area (Å²) in [4.78, 5) is 10.1. The van der Waals surface area contributed by atoms with E-state index in [1.54, 1.807) is 0 Å². The lowest BCUT2D eigenvalue weighted by Crippen LogP contribution is -2.03. The lowest BCUT2D eigenvalue weighted by atomic mass is 10.8. The third-order valence-corrected chi connectivity index (χ3v) is 0.938. The average molecular weight is 136 g/mol. The van der Waals surface area contributed by atoms with Crippen molar-refractivity contribution in [1.82, 2.24) is 0 Å². The molecule has 4 heteroatoms. The summed E-state index contributed by atoms with van der Waals surface area (Å²) in [5.74, 6) is 0.128. The van der Waals surface area contributed by atoms with Crippen molar-refractivity contribution in [3.8, 4) is 0 Å². The predicted octanol–water partition coefficient (Wildman–Crippen LogP) is 0.190. The first-order valence-corrected chi connectivity index (χ1v) is 3.15. The first kappa shape index (κ1) is 7.78. The summed E-state index contributed by atoms with van der Waals surface area (Å²) in [5, 5.41) is 8.07. The van der Waals surface area contributed by atoms with Gasteiger partial charge in [-0.1, -0.05) is 6.92 Å². The summed E-state index contributed by atoms with van der Waals surface area (Å²) in [7, 11) is 0. The molecule has 0 atom stereocenters. The van der Waals surface area contributed by atoms with Crippen LogP contribution >= 0.6 is 12.0 Å². The summed E-state index contributed by atoms with van der Waals surface area (Å²) >= 11 is 1.03. The molecule has 0 aliphatic rings. The molecule has 0 fully saturated rings. The first-order chi connectivity index (χ1) is 3.81. The number of aliphatic hydroxyl groups excluding tert-OH is 1. The Hall–Kier alpha value is -0.220. The fourth-order valence-electron chi connectivity index (χ4n) is 0.151. The van der Waals surface area contributed by atoms with Crippen LogP contribution in [0.1, 0.15) is 6.92 Å². The van der Waals surface area contributed by atoms with Gasteiger partial charge in [0.25, 0.3) is 0 Å². The van der Waals surface area contributed by atoms with Crippen LogP contribution in [0.25, 0.3) is 0 Å². The highest BCUT2D eigenvalue weighted by Gasteiger charge is 1.96. The fraction of sp³-hybridized carbons (Fsp3) is 0.750. The van der Waals surface area contributed by atoms with Crippen LogP contribution < -0.4 is 0 Å². The molecule has 0 unspecified atom stereocenters. The zero-order valence-corrected chi connectivity index (χ0v) is 5.40. The van der Waals surface area contributed by atoms with Crippen molar-refractivity contribution in [2.75, 3.05) is 12.4 Å². The number of hydrogen-bond donors (Lipinski definition) is 1. The van der Waals surface area contributed by atoms with Crippen LogP contribution in [0.15, 0.2) is 0 Å². The molecule has 0 aromatic carbocycles. The lowest BCUT2D eigenvalue weighted by molar-refractivity contribution is -0.136. The van der Waals surface area contributed by atoms with Gasteiger partial charge in [-0.15, -0.1) is 0 Å². The third-order valence-electron chi connectivity index (χ3n) is 0.399. The maximum absolute atomic E-state index is 10.1. The second-order valence-electron chi connectivity index (χ2n) is 1.02. The van der Waals surface area contributed by atoms with E-state index in [4.69, 9.17) is 5.11 Å². The Balaban J connectivity index is 2.99. The van der Waals surface area contributed by atoms with Gasteiger partial charge in [0.15, 0.2) is 0 Å². The normalized spacial score (nSPS) is 8.75. The molecule has 0 bridgehead atoms. The van der Waals surface area contributed by atoms with Gasteiger partial charge in [0.2, 0.25) is 0 Å². The molecule has 0 heterocycles. The van der Waals surface area contributed by atoms with E-state index in [1.807, 2.05) is 6.92 Å². The van der Waals surface area contributed by atoms with Crippen LogP contribution in [0.2, 0.25) is 0 Å². The molecule has 0 amide bonds. The Kier molecular flexibility index (Phi) is 4.79. The maximum atomic E-state index is 10.1. The molecule has 0 saturated heterocycles. The van der Waals surface area contributed by atoms with Crippen LogP contribution in [0.5, 0.6) is 0 Å². The number of carbonyl (C=O) groups excluding carboxylic acids is 1. The number of carbonyl (C=O) groups is 1. The maximum Gasteiger partial charge on any atom is 0.343 e. The average Bonchev–Trinajstić information content (AvgIpc) is 1.83. The van der Waals surface area contributed by atoms with Crippen LogP contribution in [-0.4, -0.2) is 23.4 Å². The molecule has 0 saturated carbocycles. The monoisotopic (exact) mass is 136 g/mol. The molecule has 3 nitrogen and oxygen atoms in total. The molecule has 0 aromatic heterocycles. The Morgan fingerprint density at radius 1 is 1.88 bits per heavy atom. The van der Waals surface area contributed by atoms with Crippen LogP contribution in [0, 0.1) is 0 Å². The van der Waals surface area contributed by atoms with Crippen LogP contribution in [-0.2, 0) is 8.98 Å². The smallest absolute Gasteiger partial charge is 0.343 e. The number of rotatable bonds is 3. The summed E-state index contributed by atoms with van der Waals surface area (Å²) in [5.41, 5.74) is 0. The van der Waals surface area contributed by atoms with E-state index < -0.39 is 12.6 Å². The second-order valence-corrected chi connectivity index (χ2v) is 2.00. The van der Waals surface area contributed by atoms with E-state index in [2.05, 4.69) is 4.18 Å². The van der Waals surface area contributed by atoms with Crippen molar-refractivity contribution in [2.45, 2.75) is 6.92 Å². The molecule has 0 aromatic rings. The van der Waals surface area contributed by atoms with Crippen molar-refractivity contribution in [3.63, 3.8) is 0 Å². The molecule has 0 spiro atoms. The van der Waals surface area contributed by atoms with Gasteiger partial charge >= 0.3 is 5.97 Å². The summed E-state index contributed by atoms with van der Waals surface area (Å²) < 4.78 is 4.37. The Morgan fingerprint density at radius 2 is 2.50 bits per heavy atom. The van der Waals surface area contributed by atoms with E-state index in [0.29, 0.717) is 5.75 Å². The van der Waals surface area contributed by atoms with Gasteiger partial charge < -0.3 is 9.29 Å². The summed E-state index contributed by atoms with van der Waals surface area (Å²) in [6.07, 6.45) is 0. The van der Waals surface area contributed by atoms with Gasteiger partial charge in [-0.05, 0) is 0 Å². The van der Waals surface area contributed by atoms with Gasteiger partial charge in [-0.2, -0.15) is 0 Å². The number of hydrogen-bond acceptors (Lipinski definition) is 4. The molecule has 0 radical (unpaired) electrons. The molecule has 0 aliphatic heterocycles. The van der Waals surface area contributed by atoms with Gasteiger partial charge in [-0.25, -0.2) is 4.79 Å². The summed E-state index contributed by atoms with van der Waals surface area (Å²) in [6, 6.07) is 0. The minimum Gasteiger partial charge on any atom is -0.390 e. The van der Waals surface area contributed by atoms with Crippen molar-refractivity contribution < 1.29 is 14.1 Å². The minimum atomic E-state index is -0.586. The molecule has 0 rings (SSSR count). The first-order valence-electron chi connectivity index (χ1n) is 2.24. The van der Waals surface area contributed by atoms with E-state index in [9.17, 15) is 4.79 Å². The Labute approximate surface area is 52.2 Å². The Bertz CT molecular complexity index is 73.7. The number of aliphatic hydroxyl groups is 1. The predicted molar refractivity (Wildman–Crippen MR) is 31.3 cm³/mol. The largest absolute Gasteiger partial charge is 0.390 e. The van der Waals surface area contributed by atoms with E-state index in [0.717, 1.165) is 12.0 Å². The molecule has 1 N–H and O–H groups in total. The molecular formula is C4H8O3S. The molecule has 0 aliphatic carbocycles. The van der Waals surface area contributed by atoms with E-state index >= 15 is 0 Å². The topological polar surface area (TPSA) is 46.5 Å². The highest BCUT2D eigenvalue weighted by atomic mass is 32.2. The van der Waals surface area contributed by atoms with E-state index in [-0.39, 0.29) is 0 Å². The zero-order chi connectivity index (χ0) is 6.41. The van der Waals surface area contributed by atoms with Crippen LogP contribution in [0.3, 0.4) is 0 Å². The highest BCUT2D eigenvalue weighted by molar-refractivity contribution is 7.95. The van der Waals surface area contributed by atoms with Crippen LogP contribution in [0.4, 0.5) is 0 Å². The lowest BCUT2D eigenvalue weighted by Gasteiger charge is -1.94. The van der Waals surface area contributed by atoms with Gasteiger partial charge in [0.1, 0.15) is 6.61 Å². The standard InChI is InChI=1S/C4H8O3S/c1-2-8-7-4(6)3-5/h5H,2-3H2,1H3. The van der Waals surface area contributed by atoms with Crippen molar-refractivity contribution in [1.29, 1.82) is 0 Å². The van der Waals surface area contributed by atoms with Gasteiger partial charge in [-0.3, -0.25) is 0 Å². The second kappa shape index (κ2) is 4.93. The fourth-order valence-corrected chi connectivity index (χ4v) is 0.453. The minimum absolute atomic E-state index is 0.535.